The molecule has 0 bridgehead atoms. The number of anilines is 3. The second-order valence-corrected chi connectivity index (χ2v) is 6.00. The fourth-order valence-corrected chi connectivity index (χ4v) is 2.93. The highest BCUT2D eigenvalue weighted by atomic mass is 32.2. The number of nitrogens with one attached hydrogen (secondary N) is 1. The van der Waals surface area contributed by atoms with Gasteiger partial charge in [0.05, 0.1) is 0 Å². The van der Waals surface area contributed by atoms with Crippen LogP contribution in [0.25, 0.3) is 0 Å². The van der Waals surface area contributed by atoms with Crippen molar-refractivity contribution in [2.75, 3.05) is 29.0 Å². The molecule has 1 aromatic carbocycles. The second-order valence-electron chi connectivity index (χ2n) is 5.17. The van der Waals surface area contributed by atoms with E-state index < -0.39 is 11.1 Å². The van der Waals surface area contributed by atoms with E-state index >= 15 is 0 Å². The van der Waals surface area contributed by atoms with E-state index in [0.717, 1.165) is 12.4 Å². The number of rotatable bonds is 7. The SMILES string of the molecule is Nc1n[s+]([O-])nc1NCCN(Cc1ccccc1)c1ccccn1. The average Bonchev–Trinajstić information content (AvgIpc) is 2.93. The summed E-state index contributed by atoms with van der Waals surface area (Å²) in [5.74, 6) is 1.46. The van der Waals surface area contributed by atoms with Crippen molar-refractivity contribution in [1.82, 2.24) is 13.7 Å². The maximum absolute atomic E-state index is 11.2. The number of benzene rings is 1. The molecule has 8 heteroatoms. The summed E-state index contributed by atoms with van der Waals surface area (Å²) in [4.78, 5) is 6.58. The summed E-state index contributed by atoms with van der Waals surface area (Å²) in [6.07, 6.45) is 1.77. The summed E-state index contributed by atoms with van der Waals surface area (Å²) in [5, 5.41) is 3.08. The molecule has 0 radical (unpaired) electrons. The van der Waals surface area contributed by atoms with Crippen LogP contribution in [-0.4, -0.2) is 31.4 Å². The summed E-state index contributed by atoms with van der Waals surface area (Å²) in [5.41, 5.74) is 6.86. The lowest BCUT2D eigenvalue weighted by Crippen LogP contribution is -2.29. The molecule has 2 aromatic heterocycles. The molecule has 0 saturated heterocycles. The Morgan fingerprint density at radius 3 is 2.54 bits per heavy atom. The zero-order valence-electron chi connectivity index (χ0n) is 13.0. The van der Waals surface area contributed by atoms with Gasteiger partial charge in [-0.1, -0.05) is 36.4 Å². The molecule has 3 aromatic rings. The third-order valence-electron chi connectivity index (χ3n) is 3.45. The summed E-state index contributed by atoms with van der Waals surface area (Å²) >= 11 is -1.60. The van der Waals surface area contributed by atoms with E-state index in [-0.39, 0.29) is 5.82 Å². The normalized spacial score (nSPS) is 11.3. The van der Waals surface area contributed by atoms with Crippen molar-refractivity contribution in [2.24, 2.45) is 0 Å². The van der Waals surface area contributed by atoms with Gasteiger partial charge in [0.15, 0.2) is 11.1 Å². The highest BCUT2D eigenvalue weighted by Crippen LogP contribution is 2.19. The van der Waals surface area contributed by atoms with Crippen LogP contribution in [-0.2, 0) is 6.54 Å². The van der Waals surface area contributed by atoms with Crippen LogP contribution < -0.4 is 16.0 Å². The molecule has 124 valence electrons. The summed E-state index contributed by atoms with van der Waals surface area (Å²) < 4.78 is 18.7. The van der Waals surface area contributed by atoms with Crippen molar-refractivity contribution in [3.05, 3.63) is 60.3 Å². The molecular weight excluding hydrogens is 324 g/mol. The van der Waals surface area contributed by atoms with Gasteiger partial charge in [0.2, 0.25) is 11.6 Å². The number of aromatic nitrogens is 3. The van der Waals surface area contributed by atoms with Gasteiger partial charge in [-0.25, -0.2) is 4.98 Å². The van der Waals surface area contributed by atoms with Gasteiger partial charge in [-0.2, -0.15) is 0 Å². The van der Waals surface area contributed by atoms with Gasteiger partial charge in [0.1, 0.15) is 5.82 Å². The lowest BCUT2D eigenvalue weighted by molar-refractivity contribution is 0.585. The van der Waals surface area contributed by atoms with Crippen molar-refractivity contribution in [3.8, 4) is 0 Å². The Kier molecular flexibility index (Phi) is 5.19. The quantitative estimate of drug-likeness (QED) is 0.635. The molecule has 0 aliphatic rings. The van der Waals surface area contributed by atoms with Crippen LogP contribution in [0.5, 0.6) is 0 Å². The fourth-order valence-electron chi connectivity index (χ4n) is 2.32. The number of nitrogens with zero attached hydrogens (tertiary/aromatic N) is 4. The summed E-state index contributed by atoms with van der Waals surface area (Å²) in [6.45, 7) is 2.00. The van der Waals surface area contributed by atoms with Gasteiger partial charge in [-0.3, -0.25) is 0 Å². The van der Waals surface area contributed by atoms with Crippen molar-refractivity contribution >= 4 is 28.6 Å². The van der Waals surface area contributed by atoms with Crippen LogP contribution >= 0.6 is 11.1 Å². The van der Waals surface area contributed by atoms with Crippen LogP contribution in [0.15, 0.2) is 54.7 Å². The number of hydrogen-bond acceptors (Lipinski definition) is 7. The van der Waals surface area contributed by atoms with Crippen LogP contribution in [0, 0.1) is 0 Å². The molecule has 0 spiro atoms. The lowest BCUT2D eigenvalue weighted by atomic mass is 10.2. The third-order valence-corrected chi connectivity index (χ3v) is 4.14. The van der Waals surface area contributed by atoms with Crippen molar-refractivity contribution in [3.63, 3.8) is 0 Å². The number of pyridine rings is 1. The number of nitrogen functional groups attached to an aromatic ring is 1. The van der Waals surface area contributed by atoms with E-state index in [1.807, 2.05) is 36.4 Å². The van der Waals surface area contributed by atoms with Gasteiger partial charge in [0.25, 0.3) is 0 Å². The van der Waals surface area contributed by atoms with Crippen LogP contribution in [0.1, 0.15) is 5.56 Å². The minimum absolute atomic E-state index is 0.181. The largest absolute Gasteiger partial charge is 0.546 e. The zero-order valence-corrected chi connectivity index (χ0v) is 13.8. The highest BCUT2D eigenvalue weighted by molar-refractivity contribution is 7.14. The standard InChI is InChI=1S/C16H18N6OS/c17-15-16(21-24(23)20-15)19-10-11-22(14-8-4-5-9-18-14)12-13-6-2-1-3-7-13/h1-9H,10-12H2,(H2,17,20)(H,19,21). The maximum Gasteiger partial charge on any atom is 0.232 e. The van der Waals surface area contributed by atoms with Crippen molar-refractivity contribution in [1.29, 1.82) is 0 Å². The first kappa shape index (κ1) is 16.2. The predicted octanol–water partition coefficient (Wildman–Crippen LogP) is 2.30. The van der Waals surface area contributed by atoms with Gasteiger partial charge in [-0.05, 0) is 17.7 Å². The highest BCUT2D eigenvalue weighted by Gasteiger charge is 2.13. The Balaban J connectivity index is 1.67. The van der Waals surface area contributed by atoms with Crippen molar-refractivity contribution in [2.45, 2.75) is 6.54 Å². The predicted molar refractivity (Wildman–Crippen MR) is 95.3 cm³/mol. The zero-order chi connectivity index (χ0) is 16.8. The van der Waals surface area contributed by atoms with E-state index in [9.17, 15) is 4.55 Å². The second kappa shape index (κ2) is 7.71. The third kappa shape index (κ3) is 4.18. The minimum atomic E-state index is -1.60. The van der Waals surface area contributed by atoms with Crippen LogP contribution in [0.3, 0.4) is 0 Å². The smallest absolute Gasteiger partial charge is 0.232 e. The maximum atomic E-state index is 11.2. The first-order valence-electron chi connectivity index (χ1n) is 7.51. The van der Waals surface area contributed by atoms with E-state index in [0.29, 0.717) is 18.9 Å². The first-order chi connectivity index (χ1) is 11.7. The van der Waals surface area contributed by atoms with E-state index in [4.69, 9.17) is 5.73 Å². The molecule has 0 amide bonds. The number of nitrogens with two attached hydrogens (primary N) is 1. The molecule has 7 nitrogen and oxygen atoms in total. The summed E-state index contributed by atoms with van der Waals surface area (Å²) in [6, 6.07) is 16.0. The first-order valence-corrected chi connectivity index (χ1v) is 8.58. The molecule has 1 atom stereocenters. The van der Waals surface area contributed by atoms with E-state index in [1.165, 1.54) is 5.56 Å². The number of hydrogen-bond donors (Lipinski definition) is 2. The minimum Gasteiger partial charge on any atom is -0.546 e. The summed E-state index contributed by atoms with van der Waals surface area (Å²) in [7, 11) is 0. The Morgan fingerprint density at radius 2 is 1.88 bits per heavy atom. The monoisotopic (exact) mass is 342 g/mol. The topological polar surface area (TPSA) is 103 Å². The molecule has 0 aliphatic carbocycles. The molecular formula is C16H18N6OS. The Labute approximate surface area is 143 Å². The van der Waals surface area contributed by atoms with Crippen LogP contribution in [0.2, 0.25) is 0 Å². The van der Waals surface area contributed by atoms with E-state index in [1.54, 1.807) is 6.20 Å². The Bertz CT molecular complexity index is 765. The molecule has 2 heterocycles. The van der Waals surface area contributed by atoms with Crippen LogP contribution in [0.4, 0.5) is 17.5 Å². The van der Waals surface area contributed by atoms with Gasteiger partial charge in [-0.15, -0.1) is 0 Å². The Morgan fingerprint density at radius 1 is 1.08 bits per heavy atom. The average molecular weight is 342 g/mol. The molecule has 3 rings (SSSR count). The van der Waals surface area contributed by atoms with Crippen molar-refractivity contribution < 1.29 is 4.55 Å². The molecule has 3 N–H and O–H groups in total. The molecule has 0 aliphatic heterocycles. The molecule has 0 fully saturated rings. The molecule has 0 saturated carbocycles. The fraction of sp³-hybridized carbons (Fsp3) is 0.188. The van der Waals surface area contributed by atoms with Gasteiger partial charge >= 0.3 is 0 Å². The molecule has 1 unspecified atom stereocenters. The van der Waals surface area contributed by atoms with Gasteiger partial charge < -0.3 is 20.5 Å². The molecule has 24 heavy (non-hydrogen) atoms. The van der Waals surface area contributed by atoms with E-state index in [2.05, 4.69) is 36.1 Å². The Hall–Kier alpha value is -2.71. The van der Waals surface area contributed by atoms with Gasteiger partial charge in [0, 0.05) is 34.6 Å². The lowest BCUT2D eigenvalue weighted by Gasteiger charge is -2.24.